The second-order valence-corrected chi connectivity index (χ2v) is 5.30. The van der Waals surface area contributed by atoms with Crippen molar-refractivity contribution in [3.8, 4) is 0 Å². The van der Waals surface area contributed by atoms with Crippen LogP contribution in [-0.2, 0) is 11.2 Å². The molecule has 0 fully saturated rings. The highest BCUT2D eigenvalue weighted by Gasteiger charge is 2.27. The Morgan fingerprint density at radius 1 is 1.37 bits per heavy atom. The third kappa shape index (κ3) is 7.54. The molecule has 0 saturated heterocycles. The predicted octanol–water partition coefficient (Wildman–Crippen LogP) is 3.41. The summed E-state index contributed by atoms with van der Waals surface area (Å²) in [6.07, 6.45) is -3.59. The highest BCUT2D eigenvalue weighted by atomic mass is 79.9. The topological polar surface area (TPSA) is 21.3 Å². The molecule has 1 aromatic carbocycles. The van der Waals surface area contributed by atoms with Crippen LogP contribution in [0.25, 0.3) is 0 Å². The van der Waals surface area contributed by atoms with Crippen LogP contribution in [0.4, 0.5) is 13.2 Å². The number of hydrogen-bond donors (Lipinski definition) is 1. The Balaban J connectivity index is 2.48. The van der Waals surface area contributed by atoms with E-state index in [4.69, 9.17) is 4.74 Å². The van der Waals surface area contributed by atoms with Gasteiger partial charge in [-0.15, -0.1) is 0 Å². The highest BCUT2D eigenvalue weighted by molar-refractivity contribution is 9.10. The number of rotatable bonds is 7. The Hall–Kier alpha value is -0.590. The molecule has 0 bridgehead atoms. The molecular formula is C13H17BrF3NO. The first-order valence-corrected chi connectivity index (χ1v) is 6.73. The largest absolute Gasteiger partial charge is 0.411 e. The summed E-state index contributed by atoms with van der Waals surface area (Å²) in [5, 5.41) is 2.98. The molecule has 1 N–H and O–H groups in total. The van der Waals surface area contributed by atoms with Gasteiger partial charge in [-0.2, -0.15) is 13.2 Å². The number of hydrogen-bond acceptors (Lipinski definition) is 2. The molecule has 0 heterocycles. The molecule has 6 heteroatoms. The lowest BCUT2D eigenvalue weighted by molar-refractivity contribution is -0.176. The SMILES string of the molecule is CNCC(COCC(F)(F)F)Cc1cccc(Br)c1. The van der Waals surface area contributed by atoms with Crippen LogP contribution in [0, 0.1) is 5.92 Å². The minimum absolute atomic E-state index is 0.0154. The zero-order valence-corrected chi connectivity index (χ0v) is 12.2. The fourth-order valence-electron chi connectivity index (χ4n) is 1.82. The van der Waals surface area contributed by atoms with Crippen molar-refractivity contribution < 1.29 is 17.9 Å². The summed E-state index contributed by atoms with van der Waals surface area (Å²) in [4.78, 5) is 0. The number of halogens is 4. The summed E-state index contributed by atoms with van der Waals surface area (Å²) < 4.78 is 41.8. The lowest BCUT2D eigenvalue weighted by Gasteiger charge is -2.17. The van der Waals surface area contributed by atoms with Crippen LogP contribution in [0.2, 0.25) is 0 Å². The first-order chi connectivity index (χ1) is 8.90. The van der Waals surface area contributed by atoms with Crippen LogP contribution < -0.4 is 5.32 Å². The fraction of sp³-hybridized carbons (Fsp3) is 0.538. The van der Waals surface area contributed by atoms with Crippen LogP contribution in [0.1, 0.15) is 5.56 Å². The Kier molecular flexibility index (Phi) is 6.82. The third-order valence-electron chi connectivity index (χ3n) is 2.53. The Bertz CT molecular complexity index is 384. The molecule has 0 aliphatic carbocycles. The molecule has 1 rings (SSSR count). The summed E-state index contributed by atoms with van der Waals surface area (Å²) in [6, 6.07) is 7.74. The molecule has 0 spiro atoms. The van der Waals surface area contributed by atoms with Gasteiger partial charge >= 0.3 is 6.18 Å². The lowest BCUT2D eigenvalue weighted by atomic mass is 10.00. The molecule has 0 aromatic heterocycles. The van der Waals surface area contributed by atoms with E-state index >= 15 is 0 Å². The zero-order chi connectivity index (χ0) is 14.3. The van der Waals surface area contributed by atoms with Gasteiger partial charge in [-0.3, -0.25) is 0 Å². The average Bonchev–Trinajstić information content (AvgIpc) is 2.27. The summed E-state index contributed by atoms with van der Waals surface area (Å²) >= 11 is 3.37. The van der Waals surface area contributed by atoms with E-state index in [9.17, 15) is 13.2 Å². The Morgan fingerprint density at radius 3 is 2.68 bits per heavy atom. The Labute approximate surface area is 119 Å². The quantitative estimate of drug-likeness (QED) is 0.821. The molecule has 0 saturated carbocycles. The smallest absolute Gasteiger partial charge is 0.372 e. The van der Waals surface area contributed by atoms with Gasteiger partial charge in [0.25, 0.3) is 0 Å². The minimum atomic E-state index is -4.26. The van der Waals surface area contributed by atoms with E-state index in [1.54, 1.807) is 7.05 Å². The molecular weight excluding hydrogens is 323 g/mol. The number of alkyl halides is 3. The summed E-state index contributed by atoms with van der Waals surface area (Å²) in [6.45, 7) is -0.483. The van der Waals surface area contributed by atoms with Crippen LogP contribution in [0.15, 0.2) is 28.7 Å². The monoisotopic (exact) mass is 339 g/mol. The molecule has 1 atom stereocenters. The number of ether oxygens (including phenoxy) is 1. The van der Waals surface area contributed by atoms with Crippen LogP contribution in [-0.4, -0.2) is 33.0 Å². The second kappa shape index (κ2) is 7.87. The highest BCUT2D eigenvalue weighted by Crippen LogP contribution is 2.17. The van der Waals surface area contributed by atoms with E-state index < -0.39 is 12.8 Å². The van der Waals surface area contributed by atoms with Crippen molar-refractivity contribution in [2.24, 2.45) is 5.92 Å². The van der Waals surface area contributed by atoms with Gasteiger partial charge in [0.15, 0.2) is 0 Å². The molecule has 0 amide bonds. The van der Waals surface area contributed by atoms with Crippen molar-refractivity contribution in [1.82, 2.24) is 5.32 Å². The standard InChI is InChI=1S/C13H17BrF3NO/c1-18-7-11(8-19-9-13(15,16)17)5-10-3-2-4-12(14)6-10/h2-4,6,11,18H,5,7-9H2,1H3. The maximum absolute atomic E-state index is 12.0. The average molecular weight is 340 g/mol. The van der Waals surface area contributed by atoms with Gasteiger partial charge in [0, 0.05) is 11.0 Å². The van der Waals surface area contributed by atoms with E-state index in [1.165, 1.54) is 0 Å². The van der Waals surface area contributed by atoms with Crippen molar-refractivity contribution in [3.05, 3.63) is 34.3 Å². The predicted molar refractivity (Wildman–Crippen MR) is 72.1 cm³/mol. The molecule has 1 unspecified atom stereocenters. The summed E-state index contributed by atoms with van der Waals surface area (Å²) in [5.41, 5.74) is 1.07. The van der Waals surface area contributed by atoms with Gasteiger partial charge in [0.05, 0.1) is 6.61 Å². The van der Waals surface area contributed by atoms with Gasteiger partial charge in [0.1, 0.15) is 6.61 Å². The zero-order valence-electron chi connectivity index (χ0n) is 10.6. The van der Waals surface area contributed by atoms with E-state index in [0.29, 0.717) is 13.0 Å². The van der Waals surface area contributed by atoms with Gasteiger partial charge in [-0.05, 0) is 37.1 Å². The van der Waals surface area contributed by atoms with Gasteiger partial charge < -0.3 is 10.1 Å². The normalized spacial score (nSPS) is 13.5. The molecule has 0 aliphatic rings. The van der Waals surface area contributed by atoms with Crippen LogP contribution in [0.3, 0.4) is 0 Å². The third-order valence-corrected chi connectivity index (χ3v) is 3.02. The molecule has 1 aromatic rings. The van der Waals surface area contributed by atoms with Crippen molar-refractivity contribution in [3.63, 3.8) is 0 Å². The Morgan fingerprint density at radius 2 is 2.11 bits per heavy atom. The van der Waals surface area contributed by atoms with Crippen molar-refractivity contribution >= 4 is 15.9 Å². The molecule has 0 aliphatic heterocycles. The van der Waals surface area contributed by atoms with E-state index in [-0.39, 0.29) is 12.5 Å². The second-order valence-electron chi connectivity index (χ2n) is 4.39. The maximum atomic E-state index is 12.0. The van der Waals surface area contributed by atoms with E-state index in [0.717, 1.165) is 10.0 Å². The molecule has 108 valence electrons. The summed E-state index contributed by atoms with van der Waals surface area (Å²) in [7, 11) is 1.78. The lowest BCUT2D eigenvalue weighted by Crippen LogP contribution is -2.27. The molecule has 2 nitrogen and oxygen atoms in total. The maximum Gasteiger partial charge on any atom is 0.411 e. The van der Waals surface area contributed by atoms with Crippen molar-refractivity contribution in [2.75, 3.05) is 26.8 Å². The van der Waals surface area contributed by atoms with Crippen molar-refractivity contribution in [1.29, 1.82) is 0 Å². The van der Waals surface area contributed by atoms with Gasteiger partial charge in [-0.25, -0.2) is 0 Å². The van der Waals surface area contributed by atoms with Gasteiger partial charge in [-0.1, -0.05) is 28.1 Å². The van der Waals surface area contributed by atoms with Crippen LogP contribution in [0.5, 0.6) is 0 Å². The van der Waals surface area contributed by atoms with E-state index in [1.807, 2.05) is 24.3 Å². The van der Waals surface area contributed by atoms with Crippen LogP contribution >= 0.6 is 15.9 Å². The number of benzene rings is 1. The molecule has 0 radical (unpaired) electrons. The van der Waals surface area contributed by atoms with Gasteiger partial charge in [0.2, 0.25) is 0 Å². The first-order valence-electron chi connectivity index (χ1n) is 5.94. The summed E-state index contributed by atoms with van der Waals surface area (Å²) in [5.74, 6) is 0.0154. The fourth-order valence-corrected chi connectivity index (χ4v) is 2.26. The first kappa shape index (κ1) is 16.5. The van der Waals surface area contributed by atoms with Crippen molar-refractivity contribution in [2.45, 2.75) is 12.6 Å². The minimum Gasteiger partial charge on any atom is -0.372 e. The number of nitrogens with one attached hydrogen (secondary N) is 1. The molecule has 19 heavy (non-hydrogen) atoms. The van der Waals surface area contributed by atoms with E-state index in [2.05, 4.69) is 21.2 Å².